The van der Waals surface area contributed by atoms with Crippen molar-refractivity contribution in [3.8, 4) is 0 Å². The van der Waals surface area contributed by atoms with Crippen molar-refractivity contribution >= 4 is 22.8 Å². The van der Waals surface area contributed by atoms with Crippen molar-refractivity contribution in [3.63, 3.8) is 0 Å². The van der Waals surface area contributed by atoms with Crippen LogP contribution in [0.5, 0.6) is 0 Å². The van der Waals surface area contributed by atoms with Crippen LogP contribution in [0.3, 0.4) is 0 Å². The number of furan rings is 1. The monoisotopic (exact) mass is 234 g/mol. The molecule has 0 saturated carbocycles. The number of carboxylic acid groups (broad SMARTS) is 1. The molecule has 2 rings (SSSR count). The molecule has 0 aliphatic carbocycles. The summed E-state index contributed by atoms with van der Waals surface area (Å²) in [4.78, 5) is 17.1. The number of aromatic nitrogens is 1. The van der Waals surface area contributed by atoms with Crippen molar-refractivity contribution in [2.75, 3.05) is 11.9 Å². The van der Waals surface area contributed by atoms with Crippen LogP contribution >= 0.6 is 0 Å². The minimum Gasteiger partial charge on any atom is -0.480 e. The number of fused-ring (bicyclic) bond motifs is 1. The molecule has 5 nitrogen and oxygen atoms in total. The van der Waals surface area contributed by atoms with E-state index in [2.05, 4.69) is 4.98 Å². The maximum Gasteiger partial charge on any atom is 0.328 e. The Hall–Kier alpha value is -2.04. The second-order valence-electron chi connectivity index (χ2n) is 4.39. The van der Waals surface area contributed by atoms with E-state index in [9.17, 15) is 9.90 Å². The Kier molecular flexibility index (Phi) is 2.53. The average molecular weight is 234 g/mol. The summed E-state index contributed by atoms with van der Waals surface area (Å²) < 4.78 is 5.27. The molecule has 0 radical (unpaired) electrons. The zero-order chi connectivity index (χ0) is 12.6. The Morgan fingerprint density at radius 1 is 1.47 bits per heavy atom. The molecule has 1 N–H and O–H groups in total. The Morgan fingerprint density at radius 3 is 2.82 bits per heavy atom. The third-order valence-corrected chi connectivity index (χ3v) is 3.04. The number of rotatable bonds is 3. The number of likely N-dealkylation sites (N-methyl/N-ethyl adjacent to an activating group) is 1. The summed E-state index contributed by atoms with van der Waals surface area (Å²) in [6, 6.07) is 3.53. The van der Waals surface area contributed by atoms with Gasteiger partial charge in [0.2, 0.25) is 0 Å². The van der Waals surface area contributed by atoms with Gasteiger partial charge in [-0.15, -0.1) is 0 Å². The highest BCUT2D eigenvalue weighted by Crippen LogP contribution is 2.28. The minimum atomic E-state index is -1.03. The minimum absolute atomic E-state index is 0.601. The van der Waals surface area contributed by atoms with Crippen LogP contribution < -0.4 is 4.90 Å². The van der Waals surface area contributed by atoms with Crippen LogP contribution in [-0.4, -0.2) is 28.6 Å². The summed E-state index contributed by atoms with van der Waals surface area (Å²) >= 11 is 0. The van der Waals surface area contributed by atoms with Crippen LogP contribution in [0.25, 0.3) is 11.0 Å². The molecule has 17 heavy (non-hydrogen) atoms. The van der Waals surface area contributed by atoms with Gasteiger partial charge < -0.3 is 14.4 Å². The van der Waals surface area contributed by atoms with Gasteiger partial charge in [-0.25, -0.2) is 9.78 Å². The third-order valence-electron chi connectivity index (χ3n) is 3.04. The molecule has 0 atom stereocenters. The molecule has 0 bridgehead atoms. The molecular weight excluding hydrogens is 220 g/mol. The third kappa shape index (κ3) is 1.73. The number of nitrogens with zero attached hydrogens (tertiary/aromatic N) is 2. The zero-order valence-electron chi connectivity index (χ0n) is 9.97. The molecule has 0 fully saturated rings. The molecular formula is C12H14N2O3. The van der Waals surface area contributed by atoms with Crippen molar-refractivity contribution in [3.05, 3.63) is 24.6 Å². The van der Waals surface area contributed by atoms with E-state index in [1.165, 1.54) is 0 Å². The van der Waals surface area contributed by atoms with Crippen molar-refractivity contribution < 1.29 is 14.3 Å². The highest BCUT2D eigenvalue weighted by Gasteiger charge is 2.33. The van der Waals surface area contributed by atoms with Gasteiger partial charge in [-0.1, -0.05) is 0 Å². The summed E-state index contributed by atoms with van der Waals surface area (Å²) in [6.45, 7) is 3.27. The van der Waals surface area contributed by atoms with Gasteiger partial charge in [0.25, 0.3) is 0 Å². The number of carbonyl (C=O) groups is 1. The van der Waals surface area contributed by atoms with Crippen LogP contribution in [0.4, 0.5) is 5.82 Å². The number of aliphatic carboxylic acids is 1. The smallest absolute Gasteiger partial charge is 0.328 e. The Morgan fingerprint density at radius 2 is 2.18 bits per heavy atom. The fourth-order valence-corrected chi connectivity index (χ4v) is 1.56. The Balaban J connectivity index is 2.53. The number of pyridine rings is 1. The van der Waals surface area contributed by atoms with Crippen LogP contribution in [0.1, 0.15) is 13.8 Å². The summed E-state index contributed by atoms with van der Waals surface area (Å²) in [7, 11) is 1.71. The molecule has 2 aromatic heterocycles. The van der Waals surface area contributed by atoms with Gasteiger partial charge in [-0.3, -0.25) is 0 Å². The van der Waals surface area contributed by atoms with Crippen LogP contribution in [0.2, 0.25) is 0 Å². The number of carboxylic acids is 1. The van der Waals surface area contributed by atoms with E-state index in [4.69, 9.17) is 4.42 Å². The second-order valence-corrected chi connectivity index (χ2v) is 4.39. The summed E-state index contributed by atoms with van der Waals surface area (Å²) in [6.07, 6.45) is 3.17. The highest BCUT2D eigenvalue weighted by atomic mass is 16.4. The van der Waals surface area contributed by atoms with Gasteiger partial charge in [-0.2, -0.15) is 0 Å². The van der Waals surface area contributed by atoms with E-state index in [1.54, 1.807) is 50.4 Å². The van der Waals surface area contributed by atoms with Crippen LogP contribution in [0, 0.1) is 0 Å². The fourth-order valence-electron chi connectivity index (χ4n) is 1.56. The average Bonchev–Trinajstić information content (AvgIpc) is 2.75. The summed E-state index contributed by atoms with van der Waals surface area (Å²) in [5.74, 6) is -0.300. The number of hydrogen-bond donors (Lipinski definition) is 1. The van der Waals surface area contributed by atoms with Crippen molar-refractivity contribution in [2.45, 2.75) is 19.4 Å². The van der Waals surface area contributed by atoms with E-state index in [0.29, 0.717) is 11.4 Å². The van der Waals surface area contributed by atoms with Gasteiger partial charge in [0, 0.05) is 13.2 Å². The van der Waals surface area contributed by atoms with Gasteiger partial charge in [0.05, 0.1) is 11.6 Å². The molecule has 0 spiro atoms. The molecule has 0 aliphatic heterocycles. The molecule has 0 saturated heterocycles. The van der Waals surface area contributed by atoms with E-state index < -0.39 is 11.5 Å². The molecule has 2 heterocycles. The van der Waals surface area contributed by atoms with Crippen molar-refractivity contribution in [1.29, 1.82) is 0 Å². The number of anilines is 1. The zero-order valence-corrected chi connectivity index (χ0v) is 9.97. The lowest BCUT2D eigenvalue weighted by atomic mass is 10.0. The standard InChI is InChI=1S/C12H14N2O3/c1-12(2,11(15)16)14(3)10-8-5-7-17-9(8)4-6-13-10/h4-7H,1-3H3,(H,15,16). The fraction of sp³-hybridized carbons (Fsp3) is 0.333. The molecule has 0 unspecified atom stereocenters. The van der Waals surface area contributed by atoms with Crippen molar-refractivity contribution in [1.82, 2.24) is 4.98 Å². The van der Waals surface area contributed by atoms with Crippen molar-refractivity contribution in [2.24, 2.45) is 0 Å². The molecule has 2 aromatic rings. The molecule has 5 heteroatoms. The maximum atomic E-state index is 11.2. The first-order valence-corrected chi connectivity index (χ1v) is 5.24. The number of hydrogen-bond acceptors (Lipinski definition) is 4. The van der Waals surface area contributed by atoms with Gasteiger partial charge in [-0.05, 0) is 26.0 Å². The van der Waals surface area contributed by atoms with E-state index >= 15 is 0 Å². The quantitative estimate of drug-likeness (QED) is 0.881. The van der Waals surface area contributed by atoms with Gasteiger partial charge >= 0.3 is 5.97 Å². The van der Waals surface area contributed by atoms with E-state index in [-0.39, 0.29) is 0 Å². The lowest BCUT2D eigenvalue weighted by molar-refractivity contribution is -0.142. The second kappa shape index (κ2) is 3.76. The predicted octanol–water partition coefficient (Wildman–Crippen LogP) is 2.13. The highest BCUT2D eigenvalue weighted by molar-refractivity contribution is 5.91. The Bertz CT molecular complexity index is 560. The van der Waals surface area contributed by atoms with Crippen LogP contribution in [-0.2, 0) is 4.79 Å². The summed E-state index contributed by atoms with van der Waals surface area (Å²) in [5, 5.41) is 10.0. The van der Waals surface area contributed by atoms with Crippen LogP contribution in [0.15, 0.2) is 29.0 Å². The maximum absolute atomic E-state index is 11.2. The molecule has 0 amide bonds. The largest absolute Gasteiger partial charge is 0.480 e. The predicted molar refractivity (Wildman–Crippen MR) is 64.1 cm³/mol. The first-order valence-electron chi connectivity index (χ1n) is 5.24. The lowest BCUT2D eigenvalue weighted by Gasteiger charge is -2.32. The van der Waals surface area contributed by atoms with E-state index in [0.717, 1.165) is 5.39 Å². The SMILES string of the molecule is CN(c1nccc2occc12)C(C)(C)C(=O)O. The molecule has 90 valence electrons. The van der Waals surface area contributed by atoms with Gasteiger partial charge in [0.1, 0.15) is 16.9 Å². The van der Waals surface area contributed by atoms with Gasteiger partial charge in [0.15, 0.2) is 0 Å². The first-order chi connectivity index (χ1) is 7.94. The summed E-state index contributed by atoms with van der Waals surface area (Å²) in [5.41, 5.74) is -0.332. The molecule has 0 aromatic carbocycles. The molecule has 0 aliphatic rings. The lowest BCUT2D eigenvalue weighted by Crippen LogP contribution is -2.48. The first kappa shape index (κ1) is 11.4. The normalized spacial score (nSPS) is 11.7. The van der Waals surface area contributed by atoms with E-state index in [1.807, 2.05) is 0 Å². The topological polar surface area (TPSA) is 66.6 Å². The Labute approximate surface area is 98.7 Å².